The Balaban J connectivity index is 1.48. The Morgan fingerprint density at radius 1 is 1.17 bits per heavy atom. The first-order chi connectivity index (χ1) is 14.1. The molecule has 0 spiro atoms. The molecule has 0 unspecified atom stereocenters. The average molecular weight is 394 g/mol. The average Bonchev–Trinajstić information content (AvgIpc) is 3.18. The number of hydrazone groups is 1. The van der Waals surface area contributed by atoms with Crippen molar-refractivity contribution in [1.29, 1.82) is 0 Å². The number of rotatable bonds is 5. The minimum absolute atomic E-state index is 0.0144. The van der Waals surface area contributed by atoms with Crippen molar-refractivity contribution in [3.63, 3.8) is 0 Å². The molecule has 1 saturated heterocycles. The molecule has 9 heteroatoms. The highest BCUT2D eigenvalue weighted by atomic mass is 16.6. The van der Waals surface area contributed by atoms with E-state index in [-0.39, 0.29) is 11.4 Å². The van der Waals surface area contributed by atoms with E-state index in [0.29, 0.717) is 43.1 Å². The topological polar surface area (TPSA) is 110 Å². The number of hydrogen-bond donors (Lipinski definition) is 1. The molecule has 0 saturated carbocycles. The van der Waals surface area contributed by atoms with Crippen molar-refractivity contribution in [2.75, 3.05) is 31.2 Å². The van der Waals surface area contributed by atoms with Gasteiger partial charge in [0.2, 0.25) is 0 Å². The molecule has 29 heavy (non-hydrogen) atoms. The zero-order valence-electron chi connectivity index (χ0n) is 15.4. The molecule has 2 aromatic carbocycles. The van der Waals surface area contributed by atoms with Gasteiger partial charge in [-0.25, -0.2) is 5.43 Å². The fraction of sp³-hybridized carbons (Fsp3) is 0.200. The van der Waals surface area contributed by atoms with Crippen molar-refractivity contribution in [3.05, 3.63) is 70.0 Å². The second-order valence-electron chi connectivity index (χ2n) is 6.45. The van der Waals surface area contributed by atoms with Crippen LogP contribution in [-0.4, -0.2) is 43.3 Å². The number of para-hydroxylation sites is 1. The maximum atomic E-state index is 12.2. The maximum Gasteiger partial charge on any atom is 0.307 e. The fourth-order valence-electron chi connectivity index (χ4n) is 3.15. The van der Waals surface area contributed by atoms with Gasteiger partial charge in [0.1, 0.15) is 11.3 Å². The number of fused-ring (bicyclic) bond motifs is 1. The van der Waals surface area contributed by atoms with Gasteiger partial charge in [0.25, 0.3) is 5.69 Å². The summed E-state index contributed by atoms with van der Waals surface area (Å²) in [6, 6.07) is 13.7. The summed E-state index contributed by atoms with van der Waals surface area (Å²) >= 11 is 0. The Labute approximate surface area is 165 Å². The Kier molecular flexibility index (Phi) is 5.21. The molecule has 0 radical (unpaired) electrons. The molecule has 4 rings (SSSR count). The van der Waals surface area contributed by atoms with E-state index in [4.69, 9.17) is 9.15 Å². The second-order valence-corrected chi connectivity index (χ2v) is 6.45. The number of benzene rings is 2. The molecule has 1 aliphatic heterocycles. The highest BCUT2D eigenvalue weighted by Gasteiger charge is 2.21. The van der Waals surface area contributed by atoms with Crippen molar-refractivity contribution in [3.8, 4) is 0 Å². The molecular weight excluding hydrogens is 376 g/mol. The summed E-state index contributed by atoms with van der Waals surface area (Å²) in [6.45, 7) is 2.27. The SMILES string of the molecule is O=C(N/N=C/c1ccc(N2CCOCC2)c([N+](=O)[O-])c1)c1cc2ccccc2o1. The molecule has 0 bridgehead atoms. The predicted molar refractivity (Wildman–Crippen MR) is 107 cm³/mol. The number of hydrogen-bond acceptors (Lipinski definition) is 7. The minimum atomic E-state index is -0.503. The van der Waals surface area contributed by atoms with Crippen LogP contribution in [0, 0.1) is 10.1 Å². The largest absolute Gasteiger partial charge is 0.451 e. The molecule has 1 aromatic heterocycles. The van der Waals surface area contributed by atoms with Gasteiger partial charge in [0, 0.05) is 30.1 Å². The van der Waals surface area contributed by atoms with Crippen molar-refractivity contribution >= 4 is 34.5 Å². The standard InChI is InChI=1S/C20H18N4O5/c25-20(19-12-15-3-1-2-4-18(15)29-19)22-21-13-14-5-6-16(17(11-14)24(26)27)23-7-9-28-10-8-23/h1-6,11-13H,7-10H2,(H,22,25)/b21-13+. The minimum Gasteiger partial charge on any atom is -0.451 e. The monoisotopic (exact) mass is 394 g/mol. The molecule has 1 aliphatic rings. The molecule has 0 atom stereocenters. The van der Waals surface area contributed by atoms with Gasteiger partial charge >= 0.3 is 5.91 Å². The lowest BCUT2D eigenvalue weighted by atomic mass is 10.1. The van der Waals surface area contributed by atoms with Gasteiger partial charge in [0.05, 0.1) is 24.4 Å². The highest BCUT2D eigenvalue weighted by Crippen LogP contribution is 2.29. The van der Waals surface area contributed by atoms with E-state index in [9.17, 15) is 14.9 Å². The summed E-state index contributed by atoms with van der Waals surface area (Å²) in [4.78, 5) is 25.2. The van der Waals surface area contributed by atoms with Crippen LogP contribution in [0.4, 0.5) is 11.4 Å². The number of nitro benzene ring substituents is 1. The van der Waals surface area contributed by atoms with Crippen molar-refractivity contribution < 1.29 is 18.9 Å². The van der Waals surface area contributed by atoms with Gasteiger partial charge in [-0.1, -0.05) is 24.3 Å². The van der Waals surface area contributed by atoms with Crippen LogP contribution >= 0.6 is 0 Å². The van der Waals surface area contributed by atoms with E-state index in [1.807, 2.05) is 23.1 Å². The van der Waals surface area contributed by atoms with Gasteiger partial charge in [-0.15, -0.1) is 0 Å². The number of anilines is 1. The quantitative estimate of drug-likeness (QED) is 0.405. The summed E-state index contributed by atoms with van der Waals surface area (Å²) < 4.78 is 10.8. The normalized spacial score (nSPS) is 14.4. The van der Waals surface area contributed by atoms with E-state index < -0.39 is 10.8 Å². The molecule has 9 nitrogen and oxygen atoms in total. The Hall–Kier alpha value is -3.72. The number of carbonyl (C=O) groups excluding carboxylic acids is 1. The molecule has 1 fully saturated rings. The number of furan rings is 1. The Morgan fingerprint density at radius 3 is 2.72 bits per heavy atom. The summed E-state index contributed by atoms with van der Waals surface area (Å²) in [5.74, 6) is -0.367. The Bertz CT molecular complexity index is 1050. The lowest BCUT2D eigenvalue weighted by Gasteiger charge is -2.28. The zero-order chi connectivity index (χ0) is 20.2. The van der Waals surface area contributed by atoms with E-state index in [1.165, 1.54) is 12.3 Å². The third-order valence-corrected chi connectivity index (χ3v) is 4.58. The van der Waals surface area contributed by atoms with Crippen LogP contribution in [0.1, 0.15) is 16.1 Å². The summed E-state index contributed by atoms with van der Waals surface area (Å²) in [7, 11) is 0. The molecule has 2 heterocycles. The number of nitrogens with one attached hydrogen (secondary N) is 1. The van der Waals surface area contributed by atoms with Crippen LogP contribution in [0.3, 0.4) is 0 Å². The molecule has 3 aromatic rings. The van der Waals surface area contributed by atoms with Gasteiger partial charge in [-0.3, -0.25) is 14.9 Å². The summed E-state index contributed by atoms with van der Waals surface area (Å²) in [6.07, 6.45) is 1.36. The molecular formula is C20H18N4O5. The van der Waals surface area contributed by atoms with E-state index >= 15 is 0 Å². The van der Waals surface area contributed by atoms with Gasteiger partial charge in [-0.2, -0.15) is 5.10 Å². The van der Waals surface area contributed by atoms with Crippen molar-refractivity contribution in [2.24, 2.45) is 5.10 Å². The van der Waals surface area contributed by atoms with E-state index in [1.54, 1.807) is 24.3 Å². The number of nitro groups is 1. The first kappa shape index (κ1) is 18.6. The third kappa shape index (κ3) is 4.09. The van der Waals surface area contributed by atoms with Gasteiger partial charge in [-0.05, 0) is 18.2 Å². The van der Waals surface area contributed by atoms with Crippen LogP contribution in [0.5, 0.6) is 0 Å². The van der Waals surface area contributed by atoms with Crippen LogP contribution in [0.25, 0.3) is 11.0 Å². The van der Waals surface area contributed by atoms with Crippen molar-refractivity contribution in [2.45, 2.75) is 0 Å². The first-order valence-electron chi connectivity index (χ1n) is 9.05. The van der Waals surface area contributed by atoms with Crippen LogP contribution < -0.4 is 10.3 Å². The van der Waals surface area contributed by atoms with Crippen molar-refractivity contribution in [1.82, 2.24) is 5.43 Å². The zero-order valence-corrected chi connectivity index (χ0v) is 15.4. The fourth-order valence-corrected chi connectivity index (χ4v) is 3.15. The number of morpholine rings is 1. The number of ether oxygens (including phenoxy) is 1. The number of amides is 1. The smallest absolute Gasteiger partial charge is 0.307 e. The number of nitrogens with zero attached hydrogens (tertiary/aromatic N) is 3. The molecule has 148 valence electrons. The third-order valence-electron chi connectivity index (χ3n) is 4.58. The maximum absolute atomic E-state index is 12.2. The predicted octanol–water partition coefficient (Wildman–Crippen LogP) is 2.94. The van der Waals surface area contributed by atoms with Gasteiger partial charge in [0.15, 0.2) is 5.76 Å². The summed E-state index contributed by atoms with van der Waals surface area (Å²) in [5.41, 5.74) is 4.01. The van der Waals surface area contributed by atoms with Crippen LogP contribution in [0.15, 0.2) is 58.0 Å². The first-order valence-corrected chi connectivity index (χ1v) is 9.05. The lowest BCUT2D eigenvalue weighted by molar-refractivity contribution is -0.384. The van der Waals surface area contributed by atoms with Crippen LogP contribution in [-0.2, 0) is 4.74 Å². The van der Waals surface area contributed by atoms with E-state index in [0.717, 1.165) is 5.39 Å². The molecule has 1 N–H and O–H groups in total. The number of carbonyl (C=O) groups is 1. The van der Waals surface area contributed by atoms with E-state index in [2.05, 4.69) is 10.5 Å². The summed E-state index contributed by atoms with van der Waals surface area (Å²) in [5, 5.41) is 16.2. The highest BCUT2D eigenvalue weighted by molar-refractivity contribution is 5.96. The lowest BCUT2D eigenvalue weighted by Crippen LogP contribution is -2.36. The molecule has 1 amide bonds. The Morgan fingerprint density at radius 2 is 1.97 bits per heavy atom. The van der Waals surface area contributed by atoms with Crippen LogP contribution in [0.2, 0.25) is 0 Å². The second kappa shape index (κ2) is 8.11. The molecule has 0 aliphatic carbocycles. The van der Waals surface area contributed by atoms with Gasteiger partial charge < -0.3 is 14.1 Å².